The molecule has 1 aromatic heterocycles. The van der Waals surface area contributed by atoms with E-state index in [0.717, 1.165) is 16.3 Å². The van der Waals surface area contributed by atoms with Crippen molar-refractivity contribution in [3.63, 3.8) is 0 Å². The van der Waals surface area contributed by atoms with E-state index in [2.05, 4.69) is 20.8 Å². The van der Waals surface area contributed by atoms with Gasteiger partial charge in [0.05, 0.1) is 23.8 Å². The molecule has 2 aliphatic rings. The molecule has 3 heterocycles. The number of nitrogens with zero attached hydrogens (tertiary/aromatic N) is 4. The molecule has 1 aromatic carbocycles. The van der Waals surface area contributed by atoms with Gasteiger partial charge in [0, 0.05) is 17.6 Å². The lowest BCUT2D eigenvalue weighted by molar-refractivity contribution is -0.301. The molecule has 1 saturated heterocycles. The summed E-state index contributed by atoms with van der Waals surface area (Å²) in [7, 11) is 1.24. The van der Waals surface area contributed by atoms with E-state index in [1.165, 1.54) is 17.5 Å². The van der Waals surface area contributed by atoms with Crippen LogP contribution in [-0.4, -0.2) is 70.6 Å². The predicted molar refractivity (Wildman–Crippen MR) is 118 cm³/mol. The molecule has 34 heavy (non-hydrogen) atoms. The van der Waals surface area contributed by atoms with E-state index in [-0.39, 0.29) is 35.2 Å². The summed E-state index contributed by atoms with van der Waals surface area (Å²) in [6.07, 6.45) is 0. The standard InChI is InChI=1S/C20H19N7O6S/c1-33-25-14(13-9-34-20(21)24-13)17(29)23-12-8-26-7-11(15(19(31)32)27(26)18(12)30)16(28)22-10-5-3-2-4-6-10/h2-6,9,12H,7-8H2,1H3,(H2,21,24)(H,22,28)(H,23,29)(H,31,32)/p-1/b25-14-. The highest BCUT2D eigenvalue weighted by atomic mass is 32.1. The normalized spacial score (nSPS) is 18.1. The first kappa shape index (κ1) is 22.9. The number of oxime groups is 1. The fourth-order valence-electron chi connectivity index (χ4n) is 3.57. The summed E-state index contributed by atoms with van der Waals surface area (Å²) in [5.74, 6) is -3.89. The van der Waals surface area contributed by atoms with Crippen LogP contribution in [0.25, 0.3) is 0 Å². The highest BCUT2D eigenvalue weighted by molar-refractivity contribution is 7.13. The molecule has 1 atom stereocenters. The van der Waals surface area contributed by atoms with Crippen LogP contribution in [0.4, 0.5) is 10.8 Å². The zero-order chi connectivity index (χ0) is 24.4. The maximum atomic E-state index is 13.0. The number of hydrogen-bond donors (Lipinski definition) is 3. The Morgan fingerprint density at radius 3 is 2.65 bits per heavy atom. The molecule has 0 bridgehead atoms. The predicted octanol–water partition coefficient (Wildman–Crippen LogP) is -1.72. The third kappa shape index (κ3) is 4.31. The quantitative estimate of drug-likeness (QED) is 0.304. The fraction of sp³-hybridized carbons (Fsp3) is 0.200. The fourth-order valence-corrected chi connectivity index (χ4v) is 4.12. The van der Waals surface area contributed by atoms with Gasteiger partial charge in [0.25, 0.3) is 17.7 Å². The van der Waals surface area contributed by atoms with Crippen molar-refractivity contribution in [2.45, 2.75) is 6.04 Å². The Hall–Kier alpha value is -4.30. The summed E-state index contributed by atoms with van der Waals surface area (Å²) in [4.78, 5) is 59.0. The van der Waals surface area contributed by atoms with Crippen LogP contribution in [0.2, 0.25) is 0 Å². The van der Waals surface area contributed by atoms with Gasteiger partial charge in [0.2, 0.25) is 0 Å². The number of thiazole rings is 1. The van der Waals surface area contributed by atoms with Crippen LogP contribution < -0.4 is 21.5 Å². The number of para-hydroxylation sites is 1. The minimum atomic E-state index is -1.69. The number of nitrogens with two attached hydrogens (primary N) is 1. The second kappa shape index (κ2) is 9.29. The monoisotopic (exact) mass is 484 g/mol. The lowest BCUT2D eigenvalue weighted by Crippen LogP contribution is -2.46. The van der Waals surface area contributed by atoms with Crippen molar-refractivity contribution in [3.05, 3.63) is 52.7 Å². The first-order valence-electron chi connectivity index (χ1n) is 9.83. The van der Waals surface area contributed by atoms with Crippen molar-refractivity contribution in [1.82, 2.24) is 20.3 Å². The smallest absolute Gasteiger partial charge is 0.276 e. The highest BCUT2D eigenvalue weighted by Crippen LogP contribution is 2.30. The molecule has 0 saturated carbocycles. The van der Waals surface area contributed by atoms with Gasteiger partial charge in [-0.1, -0.05) is 23.4 Å². The number of anilines is 2. The van der Waals surface area contributed by atoms with Gasteiger partial charge < -0.3 is 31.1 Å². The lowest BCUT2D eigenvalue weighted by atomic mass is 10.1. The Morgan fingerprint density at radius 2 is 2.03 bits per heavy atom. The molecule has 4 N–H and O–H groups in total. The van der Waals surface area contributed by atoms with Crippen molar-refractivity contribution in [1.29, 1.82) is 0 Å². The van der Waals surface area contributed by atoms with Crippen LogP contribution in [0.1, 0.15) is 5.69 Å². The van der Waals surface area contributed by atoms with Gasteiger partial charge in [0.15, 0.2) is 10.8 Å². The Labute approximate surface area is 196 Å². The summed E-state index contributed by atoms with van der Waals surface area (Å²) in [6.45, 7) is -0.245. The summed E-state index contributed by atoms with van der Waals surface area (Å²) in [5, 5.41) is 24.5. The molecule has 1 fully saturated rings. The summed E-state index contributed by atoms with van der Waals surface area (Å²) >= 11 is 1.09. The molecule has 14 heteroatoms. The number of aromatic nitrogens is 1. The Bertz CT molecular complexity index is 1230. The number of aliphatic carboxylic acids is 1. The van der Waals surface area contributed by atoms with Crippen molar-refractivity contribution in [2.75, 3.05) is 31.2 Å². The molecule has 0 aliphatic carbocycles. The molecule has 2 aliphatic heterocycles. The van der Waals surface area contributed by atoms with E-state index in [4.69, 9.17) is 10.6 Å². The Morgan fingerprint density at radius 1 is 1.29 bits per heavy atom. The van der Waals surface area contributed by atoms with Crippen molar-refractivity contribution in [2.24, 2.45) is 5.16 Å². The number of nitrogens with one attached hydrogen (secondary N) is 2. The number of nitrogen functional groups attached to an aromatic ring is 1. The Balaban J connectivity index is 1.53. The van der Waals surface area contributed by atoms with E-state index in [9.17, 15) is 24.3 Å². The average molecular weight is 484 g/mol. The number of fused-ring (bicyclic) bond motifs is 1. The van der Waals surface area contributed by atoms with Crippen LogP contribution in [0.3, 0.4) is 0 Å². The van der Waals surface area contributed by atoms with Crippen molar-refractivity contribution in [3.8, 4) is 0 Å². The van der Waals surface area contributed by atoms with Gasteiger partial charge >= 0.3 is 0 Å². The van der Waals surface area contributed by atoms with Crippen LogP contribution in [-0.2, 0) is 24.0 Å². The second-order valence-corrected chi connectivity index (χ2v) is 8.04. The van der Waals surface area contributed by atoms with Gasteiger partial charge in [0.1, 0.15) is 18.8 Å². The maximum absolute atomic E-state index is 13.0. The highest BCUT2D eigenvalue weighted by Gasteiger charge is 2.47. The molecule has 0 spiro atoms. The summed E-state index contributed by atoms with van der Waals surface area (Å²) in [5.41, 5.74) is 5.30. The molecule has 4 rings (SSSR count). The number of benzene rings is 1. The molecule has 2 aromatic rings. The van der Waals surface area contributed by atoms with Gasteiger partial charge in [-0.25, -0.2) is 15.0 Å². The number of amides is 3. The van der Waals surface area contributed by atoms with Gasteiger partial charge in [-0.2, -0.15) is 0 Å². The van der Waals surface area contributed by atoms with E-state index in [1.54, 1.807) is 30.3 Å². The minimum absolute atomic E-state index is 0.0804. The molecule has 13 nitrogen and oxygen atoms in total. The van der Waals surface area contributed by atoms with E-state index >= 15 is 0 Å². The first-order chi connectivity index (χ1) is 16.3. The molecular formula is C20H18N7O6S-. The van der Waals surface area contributed by atoms with Crippen LogP contribution in [0.15, 0.2) is 52.1 Å². The number of hydrogen-bond acceptors (Lipinski definition) is 11. The zero-order valence-corrected chi connectivity index (χ0v) is 18.5. The van der Waals surface area contributed by atoms with Crippen LogP contribution in [0.5, 0.6) is 0 Å². The molecule has 3 amide bonds. The molecular weight excluding hydrogens is 466 g/mol. The number of carbonyl (C=O) groups is 4. The van der Waals surface area contributed by atoms with E-state index in [0.29, 0.717) is 5.69 Å². The van der Waals surface area contributed by atoms with Gasteiger partial charge in [-0.05, 0) is 12.1 Å². The summed E-state index contributed by atoms with van der Waals surface area (Å²) in [6, 6.07) is 7.34. The SMILES string of the molecule is CO/N=C(\C(=O)NC1CN2CC(C(=O)Nc3ccccc3)=C(C(=O)[O-])N2C1=O)c1csc(N)n1. The number of carbonyl (C=O) groups excluding carboxylic acids is 4. The first-order valence-corrected chi connectivity index (χ1v) is 10.7. The van der Waals surface area contributed by atoms with Gasteiger partial charge in [-0.3, -0.25) is 14.4 Å². The van der Waals surface area contributed by atoms with Crippen LogP contribution >= 0.6 is 11.3 Å². The summed E-state index contributed by atoms with van der Waals surface area (Å²) < 4.78 is 0. The number of hydrazine groups is 1. The number of carboxylic acids is 1. The Kier molecular flexibility index (Phi) is 6.25. The second-order valence-electron chi connectivity index (χ2n) is 7.15. The lowest BCUT2D eigenvalue weighted by Gasteiger charge is -2.21. The molecule has 0 radical (unpaired) electrons. The molecule has 176 valence electrons. The number of carboxylic acid groups (broad SMARTS) is 1. The maximum Gasteiger partial charge on any atom is 0.276 e. The number of rotatable bonds is 7. The van der Waals surface area contributed by atoms with E-state index in [1.807, 2.05) is 0 Å². The van der Waals surface area contributed by atoms with Crippen LogP contribution in [0, 0.1) is 0 Å². The third-order valence-corrected chi connectivity index (χ3v) is 5.66. The third-order valence-electron chi connectivity index (χ3n) is 4.99. The average Bonchev–Trinajstić information content (AvgIpc) is 3.48. The largest absolute Gasteiger partial charge is 0.543 e. The minimum Gasteiger partial charge on any atom is -0.543 e. The van der Waals surface area contributed by atoms with E-state index < -0.39 is 35.4 Å². The van der Waals surface area contributed by atoms with Crippen molar-refractivity contribution < 1.29 is 29.1 Å². The zero-order valence-electron chi connectivity index (χ0n) is 17.7. The van der Waals surface area contributed by atoms with Crippen molar-refractivity contribution >= 4 is 51.6 Å². The topological polar surface area (TPSA) is 182 Å². The molecule has 1 unspecified atom stereocenters. The van der Waals surface area contributed by atoms with Gasteiger partial charge in [-0.15, -0.1) is 11.3 Å².